The molecule has 0 fully saturated rings. The van der Waals surface area contributed by atoms with Gasteiger partial charge in [-0.15, -0.1) is 0 Å². The van der Waals surface area contributed by atoms with E-state index in [2.05, 4.69) is 11.1 Å². The molecule has 0 spiro atoms. The van der Waals surface area contributed by atoms with E-state index in [1.54, 1.807) is 12.1 Å². The molecule has 2 heterocycles. The monoisotopic (exact) mass is 381 g/mol. The molecule has 0 saturated carbocycles. The Morgan fingerprint density at radius 1 is 1.12 bits per heavy atom. The van der Waals surface area contributed by atoms with Crippen LogP contribution in [-0.2, 0) is 0 Å². The third-order valence-corrected chi connectivity index (χ3v) is 5.31. The smallest absolute Gasteiger partial charge is 0.205 e. The van der Waals surface area contributed by atoms with Gasteiger partial charge in [0.05, 0.1) is 16.0 Å². The van der Waals surface area contributed by atoms with Gasteiger partial charge in [0.25, 0.3) is 0 Å². The summed E-state index contributed by atoms with van der Waals surface area (Å²) in [6.07, 6.45) is 0. The van der Waals surface area contributed by atoms with Gasteiger partial charge in [-0.1, -0.05) is 53.5 Å². The zero-order chi connectivity index (χ0) is 18.4. The largest absolute Gasteiger partial charge is 0.438 e. The fourth-order valence-corrected chi connectivity index (χ4v) is 3.68. The molecular weight excluding hydrogens is 369 g/mol. The van der Waals surface area contributed by atoms with Crippen LogP contribution in [0.25, 0.3) is 10.9 Å². The first kappa shape index (κ1) is 16.7. The Morgan fingerprint density at radius 2 is 1.88 bits per heavy atom. The number of nitrogens with two attached hydrogens (primary N) is 1. The van der Waals surface area contributed by atoms with E-state index in [1.165, 1.54) is 0 Å². The summed E-state index contributed by atoms with van der Waals surface area (Å²) in [5.41, 5.74) is 9.43. The molecule has 1 unspecified atom stereocenters. The lowest BCUT2D eigenvalue weighted by atomic mass is 9.83. The number of ether oxygens (including phenoxy) is 1. The Morgan fingerprint density at radius 3 is 2.65 bits per heavy atom. The molecule has 3 aromatic rings. The average Bonchev–Trinajstić information content (AvgIpc) is 2.63. The fourth-order valence-electron chi connectivity index (χ4n) is 3.26. The standard InChI is InChI=1S/C20H13Cl2N3O/c1-10-5-6-11-7-8-13-16(12-3-2-4-15(21)17(12)22)14(9-23)20(24)26-19(13)18(11)25-10/h2-8,16H,24H2,1H3. The minimum Gasteiger partial charge on any atom is -0.438 e. The predicted molar refractivity (Wildman–Crippen MR) is 102 cm³/mol. The first-order chi connectivity index (χ1) is 12.5. The lowest BCUT2D eigenvalue weighted by molar-refractivity contribution is 0.397. The van der Waals surface area contributed by atoms with E-state index in [0.717, 1.165) is 16.6 Å². The lowest BCUT2D eigenvalue weighted by Crippen LogP contribution is -2.21. The first-order valence-corrected chi connectivity index (χ1v) is 8.68. The highest BCUT2D eigenvalue weighted by atomic mass is 35.5. The minimum atomic E-state index is -0.471. The summed E-state index contributed by atoms with van der Waals surface area (Å²) in [6.45, 7) is 1.91. The van der Waals surface area contributed by atoms with E-state index in [4.69, 9.17) is 33.7 Å². The third kappa shape index (κ3) is 2.48. The molecule has 0 aliphatic carbocycles. The molecule has 0 amide bonds. The van der Waals surface area contributed by atoms with Gasteiger partial charge in [0.2, 0.25) is 5.88 Å². The van der Waals surface area contributed by atoms with Crippen molar-refractivity contribution in [1.29, 1.82) is 5.26 Å². The van der Waals surface area contributed by atoms with E-state index in [0.29, 0.717) is 32.4 Å². The summed E-state index contributed by atoms with van der Waals surface area (Å²) in [5.74, 6) is 0.127. The zero-order valence-corrected chi connectivity index (χ0v) is 15.3. The molecule has 26 heavy (non-hydrogen) atoms. The molecule has 2 aromatic carbocycles. The summed E-state index contributed by atoms with van der Waals surface area (Å²) in [4.78, 5) is 4.60. The number of rotatable bonds is 1. The second-order valence-electron chi connectivity index (χ2n) is 6.08. The van der Waals surface area contributed by atoms with E-state index in [9.17, 15) is 5.26 Å². The molecule has 1 atom stereocenters. The van der Waals surface area contributed by atoms with Gasteiger partial charge in [-0.2, -0.15) is 5.26 Å². The topological polar surface area (TPSA) is 71.9 Å². The van der Waals surface area contributed by atoms with Crippen LogP contribution in [0.5, 0.6) is 5.75 Å². The van der Waals surface area contributed by atoms with Gasteiger partial charge in [0.1, 0.15) is 17.2 Å². The molecule has 1 aromatic heterocycles. The van der Waals surface area contributed by atoms with Crippen molar-refractivity contribution < 1.29 is 4.74 Å². The molecule has 1 aliphatic heterocycles. The fraction of sp³-hybridized carbons (Fsp3) is 0.100. The maximum absolute atomic E-state index is 9.68. The average molecular weight is 382 g/mol. The molecule has 0 saturated heterocycles. The van der Waals surface area contributed by atoms with Crippen molar-refractivity contribution in [1.82, 2.24) is 4.98 Å². The normalized spacial score (nSPS) is 16.2. The highest BCUT2D eigenvalue weighted by Gasteiger charge is 2.33. The first-order valence-electron chi connectivity index (χ1n) is 7.93. The van der Waals surface area contributed by atoms with Crippen LogP contribution >= 0.6 is 23.2 Å². The molecule has 0 radical (unpaired) electrons. The van der Waals surface area contributed by atoms with Crippen molar-refractivity contribution in [2.45, 2.75) is 12.8 Å². The van der Waals surface area contributed by atoms with E-state index in [1.807, 2.05) is 37.3 Å². The number of pyridine rings is 1. The van der Waals surface area contributed by atoms with Crippen LogP contribution in [0.3, 0.4) is 0 Å². The van der Waals surface area contributed by atoms with Crippen LogP contribution in [0.15, 0.2) is 53.9 Å². The molecule has 0 bridgehead atoms. The van der Waals surface area contributed by atoms with Gasteiger partial charge >= 0.3 is 0 Å². The summed E-state index contributed by atoms with van der Waals surface area (Å²) in [6, 6.07) is 15.3. The molecule has 4 rings (SSSR count). The van der Waals surface area contributed by atoms with E-state index < -0.39 is 5.92 Å². The quantitative estimate of drug-likeness (QED) is 0.638. The summed E-state index contributed by atoms with van der Waals surface area (Å²) >= 11 is 12.6. The van der Waals surface area contributed by atoms with Crippen LogP contribution < -0.4 is 10.5 Å². The number of aryl methyl sites for hydroxylation is 1. The second-order valence-corrected chi connectivity index (χ2v) is 6.86. The third-order valence-electron chi connectivity index (χ3n) is 4.48. The van der Waals surface area contributed by atoms with Crippen LogP contribution in [-0.4, -0.2) is 4.98 Å². The SMILES string of the molecule is Cc1ccc2ccc3c(c2n1)OC(N)=C(C#N)C3c1cccc(Cl)c1Cl. The number of halogens is 2. The van der Waals surface area contributed by atoms with Crippen molar-refractivity contribution in [2.75, 3.05) is 0 Å². The summed E-state index contributed by atoms with van der Waals surface area (Å²) < 4.78 is 5.82. The van der Waals surface area contributed by atoms with Crippen LogP contribution in [0, 0.1) is 18.3 Å². The van der Waals surface area contributed by atoms with E-state index >= 15 is 0 Å². The Labute approximate surface area is 160 Å². The zero-order valence-electron chi connectivity index (χ0n) is 13.8. The second kappa shape index (κ2) is 6.21. The number of allylic oxidation sites excluding steroid dienone is 1. The number of hydrogen-bond acceptors (Lipinski definition) is 4. The number of benzene rings is 2. The summed E-state index contributed by atoms with van der Waals surface area (Å²) in [7, 11) is 0. The van der Waals surface area contributed by atoms with Gasteiger partial charge in [-0.25, -0.2) is 4.98 Å². The number of aromatic nitrogens is 1. The highest BCUT2D eigenvalue weighted by molar-refractivity contribution is 6.42. The van der Waals surface area contributed by atoms with Crippen molar-refractivity contribution in [3.63, 3.8) is 0 Å². The number of hydrogen-bond donors (Lipinski definition) is 1. The molecular formula is C20H13Cl2N3O. The van der Waals surface area contributed by atoms with Crippen LogP contribution in [0.4, 0.5) is 0 Å². The van der Waals surface area contributed by atoms with Crippen molar-refractivity contribution in [3.8, 4) is 11.8 Å². The van der Waals surface area contributed by atoms with Gasteiger partial charge in [0, 0.05) is 16.6 Å². The van der Waals surface area contributed by atoms with Gasteiger partial charge in [0.15, 0.2) is 5.75 Å². The van der Waals surface area contributed by atoms with Crippen LogP contribution in [0.2, 0.25) is 10.0 Å². The highest BCUT2D eigenvalue weighted by Crippen LogP contribution is 2.47. The maximum Gasteiger partial charge on any atom is 0.205 e. The van der Waals surface area contributed by atoms with Crippen molar-refractivity contribution in [2.24, 2.45) is 5.73 Å². The molecule has 2 N–H and O–H groups in total. The Hall–Kier alpha value is -2.74. The maximum atomic E-state index is 9.68. The van der Waals surface area contributed by atoms with Gasteiger partial charge < -0.3 is 10.5 Å². The van der Waals surface area contributed by atoms with Crippen molar-refractivity contribution in [3.05, 3.63) is 80.8 Å². The lowest BCUT2D eigenvalue weighted by Gasteiger charge is -2.27. The van der Waals surface area contributed by atoms with Gasteiger partial charge in [-0.05, 0) is 24.6 Å². The van der Waals surface area contributed by atoms with E-state index in [-0.39, 0.29) is 5.88 Å². The summed E-state index contributed by atoms with van der Waals surface area (Å²) in [5, 5.41) is 11.4. The van der Waals surface area contributed by atoms with Gasteiger partial charge in [-0.3, -0.25) is 0 Å². The number of nitriles is 1. The molecule has 4 nitrogen and oxygen atoms in total. The van der Waals surface area contributed by atoms with Crippen molar-refractivity contribution >= 4 is 34.1 Å². The Balaban J connectivity index is 2.06. The van der Waals surface area contributed by atoms with Crippen LogP contribution in [0.1, 0.15) is 22.7 Å². The number of nitrogens with zero attached hydrogens (tertiary/aromatic N) is 2. The Kier molecular flexibility index (Phi) is 3.99. The predicted octanol–water partition coefficient (Wildman–Crippen LogP) is 5.07. The Bertz CT molecular complexity index is 1130. The minimum absolute atomic E-state index is 0.0526. The molecule has 6 heteroatoms. The molecule has 128 valence electrons. The number of fused-ring (bicyclic) bond motifs is 3. The molecule has 1 aliphatic rings.